The van der Waals surface area contributed by atoms with Crippen LogP contribution in [0, 0.1) is 36.8 Å². The summed E-state index contributed by atoms with van der Waals surface area (Å²) in [6, 6.07) is 8.12. The minimum Gasteiger partial charge on any atom is -0.446 e. The number of rotatable bonds is 6. The monoisotopic (exact) mass is 580 g/mol. The summed E-state index contributed by atoms with van der Waals surface area (Å²) in [4.78, 5) is 53.1. The van der Waals surface area contributed by atoms with Gasteiger partial charge in [0.05, 0.1) is 17.4 Å². The van der Waals surface area contributed by atoms with Crippen LogP contribution in [0.1, 0.15) is 54.7 Å². The highest BCUT2D eigenvalue weighted by Gasteiger charge is 2.62. The number of alkyl carbamates (subject to hydrolysis) is 1. The lowest BCUT2D eigenvalue weighted by molar-refractivity contribution is -0.134. The van der Waals surface area contributed by atoms with E-state index in [2.05, 4.69) is 10.6 Å². The molecule has 0 radical (unpaired) electrons. The summed E-state index contributed by atoms with van der Waals surface area (Å²) in [6.45, 7) is 4.65. The van der Waals surface area contributed by atoms with Crippen molar-refractivity contribution >= 4 is 35.2 Å². The van der Waals surface area contributed by atoms with E-state index >= 15 is 0 Å². The van der Waals surface area contributed by atoms with Gasteiger partial charge in [0.15, 0.2) is 0 Å². The van der Waals surface area contributed by atoms with Gasteiger partial charge in [0.2, 0.25) is 17.7 Å². The third-order valence-corrected chi connectivity index (χ3v) is 9.39. The number of ether oxygens (including phenoxy) is 1. The summed E-state index contributed by atoms with van der Waals surface area (Å²) in [5.41, 5.74) is 2.45. The fourth-order valence-corrected chi connectivity index (χ4v) is 7.05. The van der Waals surface area contributed by atoms with Crippen LogP contribution in [-0.2, 0) is 19.1 Å². The molecule has 2 N–H and O–H groups in total. The van der Waals surface area contributed by atoms with Crippen molar-refractivity contribution in [1.29, 1.82) is 0 Å². The number of hydrogen-bond acceptors (Lipinski definition) is 6. The maximum Gasteiger partial charge on any atom is 0.407 e. The van der Waals surface area contributed by atoms with E-state index in [1.807, 2.05) is 32.0 Å². The van der Waals surface area contributed by atoms with Gasteiger partial charge in [-0.05, 0) is 74.8 Å². The van der Waals surface area contributed by atoms with E-state index in [0.29, 0.717) is 38.0 Å². The van der Waals surface area contributed by atoms with Gasteiger partial charge in [0, 0.05) is 43.5 Å². The van der Waals surface area contributed by atoms with E-state index in [1.54, 1.807) is 16.8 Å². The Balaban J connectivity index is 1.00. The fourth-order valence-electron chi connectivity index (χ4n) is 7.05. The van der Waals surface area contributed by atoms with Gasteiger partial charge in [-0.25, -0.2) is 13.6 Å². The van der Waals surface area contributed by atoms with E-state index in [-0.39, 0.29) is 42.4 Å². The molecule has 7 rings (SSSR count). The molecule has 0 aromatic heterocycles. The Hall–Kier alpha value is -4.02. The average Bonchev–Trinajstić information content (AvgIpc) is 3.42. The van der Waals surface area contributed by atoms with Crippen molar-refractivity contribution in [2.45, 2.75) is 64.0 Å². The fraction of sp³-hybridized carbons (Fsp3) is 0.484. The van der Waals surface area contributed by atoms with Crippen LogP contribution in [0.4, 0.5) is 25.0 Å². The molecule has 2 atom stereocenters. The highest BCUT2D eigenvalue weighted by Crippen LogP contribution is 2.60. The van der Waals surface area contributed by atoms with Crippen molar-refractivity contribution in [2.24, 2.45) is 11.3 Å². The molecule has 5 fully saturated rings. The van der Waals surface area contributed by atoms with Gasteiger partial charge in [-0.1, -0.05) is 12.1 Å². The Kier molecular flexibility index (Phi) is 6.93. The van der Waals surface area contributed by atoms with Crippen LogP contribution < -0.4 is 20.4 Å². The standard InChI is InChI=1S/C31H34F2N4O5/c1-16-4-5-17(2)24(8-16)36(3)29(40)31-11-18(12-31)25(13-31)42-30(41)34-19-14-37(15-19)20-9-22(32)27(23(33)10-20)21-6-7-26(38)35-28(21)39/h4-5,8-10,18-19,21,25H,6-7,11-15H2,1-3H3,(H,34,41)(H,35,38,39)/t18?,21?,25-,31?/m0/s1. The number of halogens is 2. The number of nitrogens with one attached hydrogen (secondary N) is 2. The van der Waals surface area contributed by atoms with E-state index in [0.717, 1.165) is 16.8 Å². The van der Waals surface area contributed by atoms with Gasteiger partial charge in [-0.3, -0.25) is 19.7 Å². The molecule has 1 unspecified atom stereocenters. The molecule has 3 aliphatic carbocycles. The van der Waals surface area contributed by atoms with E-state index in [4.69, 9.17) is 4.74 Å². The smallest absolute Gasteiger partial charge is 0.407 e. The summed E-state index contributed by atoms with van der Waals surface area (Å²) in [6.07, 6.45) is 1.07. The van der Waals surface area contributed by atoms with Crippen LogP contribution in [0.3, 0.4) is 0 Å². The van der Waals surface area contributed by atoms with Crippen molar-refractivity contribution in [2.75, 3.05) is 29.9 Å². The van der Waals surface area contributed by atoms with Crippen LogP contribution in [0.15, 0.2) is 30.3 Å². The summed E-state index contributed by atoms with van der Waals surface area (Å²) in [5, 5.41) is 4.95. The Morgan fingerprint density at radius 2 is 1.76 bits per heavy atom. The van der Waals surface area contributed by atoms with Crippen LogP contribution in [0.2, 0.25) is 0 Å². The molecule has 11 heteroatoms. The van der Waals surface area contributed by atoms with Crippen LogP contribution in [0.25, 0.3) is 0 Å². The molecule has 3 saturated carbocycles. The number of benzene rings is 2. The van der Waals surface area contributed by atoms with Crippen molar-refractivity contribution in [3.05, 3.63) is 58.7 Å². The number of nitrogens with zero attached hydrogens (tertiary/aromatic N) is 2. The summed E-state index contributed by atoms with van der Waals surface area (Å²) < 4.78 is 35.5. The van der Waals surface area contributed by atoms with Crippen molar-refractivity contribution < 1.29 is 32.7 Å². The van der Waals surface area contributed by atoms with Crippen LogP contribution in [-0.4, -0.2) is 56.1 Å². The minimum absolute atomic E-state index is 0.0235. The SMILES string of the molecule is Cc1ccc(C)c(N(C)C(=O)C23CC(C2)[C@@H](OC(=O)NC2CN(c4cc(F)c(C5CCC(=O)NC5=O)c(F)c4)C2)C3)c1. The maximum atomic E-state index is 14.9. The molecule has 2 bridgehead atoms. The number of imide groups is 1. The van der Waals surface area contributed by atoms with E-state index in [1.165, 1.54) is 12.1 Å². The minimum atomic E-state index is -1.06. The molecule has 222 valence electrons. The zero-order valence-corrected chi connectivity index (χ0v) is 23.8. The zero-order valence-electron chi connectivity index (χ0n) is 23.8. The van der Waals surface area contributed by atoms with Gasteiger partial charge in [0.1, 0.15) is 17.7 Å². The lowest BCUT2D eigenvalue weighted by Gasteiger charge is -2.41. The normalized spacial score (nSPS) is 26.7. The van der Waals surface area contributed by atoms with E-state index < -0.39 is 40.9 Å². The molecule has 4 amide bonds. The first kappa shape index (κ1) is 28.1. The molecule has 9 nitrogen and oxygen atoms in total. The number of amides is 4. The second-order valence-corrected chi connectivity index (χ2v) is 12.3. The maximum absolute atomic E-state index is 14.9. The van der Waals surface area contributed by atoms with E-state index in [9.17, 15) is 28.0 Å². The first-order chi connectivity index (χ1) is 19.9. The predicted octanol–water partition coefficient (Wildman–Crippen LogP) is 3.85. The molecule has 2 aromatic rings. The molecule has 2 aliphatic heterocycles. The number of anilines is 2. The highest BCUT2D eigenvalue weighted by molar-refractivity contribution is 6.01. The van der Waals surface area contributed by atoms with Gasteiger partial charge in [-0.2, -0.15) is 0 Å². The van der Waals surface area contributed by atoms with Crippen molar-refractivity contribution in [1.82, 2.24) is 10.6 Å². The molecule has 5 aliphatic rings. The average molecular weight is 581 g/mol. The quantitative estimate of drug-likeness (QED) is 0.503. The third-order valence-electron chi connectivity index (χ3n) is 9.39. The number of piperidine rings is 1. The van der Waals surface area contributed by atoms with Crippen molar-refractivity contribution in [3.63, 3.8) is 0 Å². The summed E-state index contributed by atoms with van der Waals surface area (Å²) in [7, 11) is 1.80. The van der Waals surface area contributed by atoms with Gasteiger partial charge in [0.25, 0.3) is 0 Å². The summed E-state index contributed by atoms with van der Waals surface area (Å²) in [5.74, 6) is -3.70. The van der Waals surface area contributed by atoms with Crippen molar-refractivity contribution in [3.8, 4) is 0 Å². The molecular weight excluding hydrogens is 546 g/mol. The largest absolute Gasteiger partial charge is 0.446 e. The number of carbonyl (C=O) groups is 4. The topological polar surface area (TPSA) is 108 Å². The highest BCUT2D eigenvalue weighted by atomic mass is 19.1. The zero-order chi connectivity index (χ0) is 29.9. The number of carbonyl (C=O) groups excluding carboxylic acids is 4. The first-order valence-electron chi connectivity index (χ1n) is 14.3. The lowest BCUT2D eigenvalue weighted by atomic mass is 9.68. The molecule has 2 aromatic carbocycles. The Labute approximate surface area is 242 Å². The Morgan fingerprint density at radius 1 is 1.07 bits per heavy atom. The second kappa shape index (κ2) is 10.4. The van der Waals surface area contributed by atoms with Gasteiger partial charge >= 0.3 is 6.09 Å². The lowest BCUT2D eigenvalue weighted by Crippen LogP contribution is -2.59. The first-order valence-corrected chi connectivity index (χ1v) is 14.3. The molecular formula is C31H34F2N4O5. The molecule has 42 heavy (non-hydrogen) atoms. The molecule has 0 spiro atoms. The summed E-state index contributed by atoms with van der Waals surface area (Å²) >= 11 is 0. The van der Waals surface area contributed by atoms with Crippen LogP contribution >= 0.6 is 0 Å². The second-order valence-electron chi connectivity index (χ2n) is 12.3. The third kappa shape index (κ3) is 4.88. The molecule has 2 saturated heterocycles. The Morgan fingerprint density at radius 3 is 2.43 bits per heavy atom. The number of fused-ring (bicyclic) bond motifs is 1. The molecule has 2 heterocycles. The predicted molar refractivity (Wildman–Crippen MR) is 150 cm³/mol. The van der Waals surface area contributed by atoms with Crippen LogP contribution in [0.5, 0.6) is 0 Å². The number of hydrogen-bond donors (Lipinski definition) is 2. The number of aryl methyl sites for hydroxylation is 2. The van der Waals surface area contributed by atoms with Gasteiger partial charge in [-0.15, -0.1) is 0 Å². The Bertz CT molecular complexity index is 1460. The van der Waals surface area contributed by atoms with Gasteiger partial charge < -0.3 is 19.9 Å².